The highest BCUT2D eigenvalue weighted by Gasteiger charge is 2.17. The Bertz CT molecular complexity index is 577. The third kappa shape index (κ3) is 2.18. The predicted molar refractivity (Wildman–Crippen MR) is 77.6 cm³/mol. The van der Waals surface area contributed by atoms with Gasteiger partial charge in [-0.2, -0.15) is 0 Å². The molecule has 0 amide bonds. The lowest BCUT2D eigenvalue weighted by molar-refractivity contribution is 0.906. The van der Waals surface area contributed by atoms with E-state index in [1.54, 1.807) is 17.7 Å². The van der Waals surface area contributed by atoms with E-state index >= 15 is 0 Å². The maximum absolute atomic E-state index is 6.37. The second kappa shape index (κ2) is 5.08. The molecule has 0 saturated heterocycles. The van der Waals surface area contributed by atoms with E-state index < -0.39 is 0 Å². The second-order valence-electron chi connectivity index (χ2n) is 3.53. The van der Waals surface area contributed by atoms with E-state index in [9.17, 15) is 0 Å². The van der Waals surface area contributed by atoms with Gasteiger partial charge in [-0.3, -0.25) is 4.99 Å². The zero-order valence-corrected chi connectivity index (χ0v) is 11.1. The number of aliphatic imine (C=N–C) groups is 1. The first-order valence-electron chi connectivity index (χ1n) is 4.97. The molecular weight excluding hydrogens is 275 g/mol. The van der Waals surface area contributed by atoms with Gasteiger partial charge in [0, 0.05) is 16.3 Å². The summed E-state index contributed by atoms with van der Waals surface area (Å²) in [6, 6.07) is 8.22. The molecule has 1 N–H and O–H groups in total. The second-order valence-corrected chi connectivity index (χ2v) is 4.99. The fourth-order valence-corrected chi connectivity index (χ4v) is 3.31. The molecule has 0 bridgehead atoms. The summed E-state index contributed by atoms with van der Waals surface area (Å²) in [5, 5.41) is 4.87. The Balaban J connectivity index is 0.00000108. The fourth-order valence-electron chi connectivity index (χ4n) is 1.74. The quantitative estimate of drug-likeness (QED) is 0.835. The molecule has 0 radical (unpaired) electrons. The van der Waals surface area contributed by atoms with Gasteiger partial charge in [0.2, 0.25) is 0 Å². The summed E-state index contributed by atoms with van der Waals surface area (Å²) < 4.78 is 1.21. The fraction of sp³-hybridized carbons (Fsp3) is 0.0833. The molecule has 1 aromatic heterocycles. The Morgan fingerprint density at radius 1 is 1.29 bits per heavy atom. The van der Waals surface area contributed by atoms with Gasteiger partial charge in [0.25, 0.3) is 0 Å². The van der Waals surface area contributed by atoms with Gasteiger partial charge in [-0.1, -0.05) is 29.8 Å². The van der Waals surface area contributed by atoms with Crippen molar-refractivity contribution >= 4 is 51.8 Å². The zero-order valence-electron chi connectivity index (χ0n) is 8.76. The summed E-state index contributed by atoms with van der Waals surface area (Å²) in [6.45, 7) is 0. The van der Waals surface area contributed by atoms with Crippen LogP contribution in [0.5, 0.6) is 0 Å². The summed E-state index contributed by atoms with van der Waals surface area (Å²) in [6.07, 6.45) is 5.60. The Hall–Kier alpha value is -1.03. The van der Waals surface area contributed by atoms with E-state index in [1.165, 1.54) is 4.70 Å². The molecule has 3 rings (SSSR count). The van der Waals surface area contributed by atoms with Crippen molar-refractivity contribution in [1.29, 1.82) is 0 Å². The van der Waals surface area contributed by atoms with E-state index in [0.29, 0.717) is 0 Å². The first-order valence-corrected chi connectivity index (χ1v) is 6.17. The normalized spacial score (nSPS) is 17.8. The van der Waals surface area contributed by atoms with Crippen LogP contribution in [-0.2, 0) is 0 Å². The van der Waals surface area contributed by atoms with Crippen LogP contribution in [0.2, 0.25) is 5.02 Å². The van der Waals surface area contributed by atoms with Crippen molar-refractivity contribution in [2.75, 3.05) is 0 Å². The van der Waals surface area contributed by atoms with Crippen LogP contribution in [0.1, 0.15) is 10.9 Å². The lowest BCUT2D eigenvalue weighted by atomic mass is 10.2. The van der Waals surface area contributed by atoms with Crippen LogP contribution in [0, 0.1) is 0 Å². The highest BCUT2D eigenvalue weighted by molar-refractivity contribution is 7.19. The number of fused-ring (bicyclic) bond motifs is 1. The van der Waals surface area contributed by atoms with Gasteiger partial charge >= 0.3 is 0 Å². The largest absolute Gasteiger partial charge is 0.353 e. The van der Waals surface area contributed by atoms with Crippen LogP contribution in [0.25, 0.3) is 10.1 Å². The molecule has 2 nitrogen and oxygen atoms in total. The number of hydrogen-bond acceptors (Lipinski definition) is 3. The van der Waals surface area contributed by atoms with E-state index in [4.69, 9.17) is 11.6 Å². The van der Waals surface area contributed by atoms with Crippen molar-refractivity contribution in [1.82, 2.24) is 5.32 Å². The molecule has 2 heterocycles. The third-order valence-corrected chi connectivity index (χ3v) is 4.27. The van der Waals surface area contributed by atoms with Gasteiger partial charge < -0.3 is 5.32 Å². The van der Waals surface area contributed by atoms with Gasteiger partial charge in [-0.05, 0) is 12.1 Å². The molecule has 1 unspecified atom stereocenters. The van der Waals surface area contributed by atoms with Crippen molar-refractivity contribution in [2.45, 2.75) is 6.04 Å². The number of benzene rings is 1. The topological polar surface area (TPSA) is 24.4 Å². The summed E-state index contributed by atoms with van der Waals surface area (Å²) in [7, 11) is 0. The SMILES string of the molecule is Cl.Clc1c(C2C=CNC=N2)sc2ccccc12. The first-order chi connectivity index (χ1) is 7.86. The highest BCUT2D eigenvalue weighted by atomic mass is 35.5. The number of thiophene rings is 1. The number of rotatable bonds is 1. The van der Waals surface area contributed by atoms with Crippen LogP contribution in [-0.4, -0.2) is 6.34 Å². The lowest BCUT2D eigenvalue weighted by Gasteiger charge is -2.09. The zero-order chi connectivity index (χ0) is 11.0. The number of hydrogen-bond donors (Lipinski definition) is 1. The molecule has 0 saturated carbocycles. The average molecular weight is 285 g/mol. The van der Waals surface area contributed by atoms with Gasteiger partial charge in [-0.15, -0.1) is 23.7 Å². The molecule has 0 spiro atoms. The van der Waals surface area contributed by atoms with Gasteiger partial charge in [0.05, 0.1) is 16.2 Å². The van der Waals surface area contributed by atoms with Crippen molar-refractivity contribution in [2.24, 2.45) is 4.99 Å². The minimum Gasteiger partial charge on any atom is -0.353 e. The molecule has 1 atom stereocenters. The van der Waals surface area contributed by atoms with E-state index in [0.717, 1.165) is 15.3 Å². The number of nitrogens with one attached hydrogen (secondary N) is 1. The van der Waals surface area contributed by atoms with Crippen LogP contribution in [0.15, 0.2) is 41.5 Å². The average Bonchev–Trinajstić information content (AvgIpc) is 2.69. The van der Waals surface area contributed by atoms with E-state index in [2.05, 4.69) is 16.4 Å². The molecule has 5 heteroatoms. The standard InChI is InChI=1S/C12H9ClN2S.ClH/c13-11-8-3-1-2-4-10(8)16-12(11)9-5-6-14-7-15-9;/h1-7,9H,(H,14,15);1H. The third-order valence-electron chi connectivity index (χ3n) is 2.51. The molecule has 17 heavy (non-hydrogen) atoms. The summed E-state index contributed by atoms with van der Waals surface area (Å²) in [5.41, 5.74) is 0. The van der Waals surface area contributed by atoms with Crippen LogP contribution in [0.3, 0.4) is 0 Å². The monoisotopic (exact) mass is 284 g/mol. The van der Waals surface area contributed by atoms with Gasteiger partial charge in [-0.25, -0.2) is 0 Å². The van der Waals surface area contributed by atoms with E-state index in [-0.39, 0.29) is 18.4 Å². The summed E-state index contributed by atoms with van der Waals surface area (Å²) in [4.78, 5) is 5.47. The highest BCUT2D eigenvalue weighted by Crippen LogP contribution is 2.40. The number of halogens is 2. The smallest absolute Gasteiger partial charge is 0.107 e. The van der Waals surface area contributed by atoms with Crippen LogP contribution in [0.4, 0.5) is 0 Å². The van der Waals surface area contributed by atoms with Crippen LogP contribution < -0.4 is 5.32 Å². The first kappa shape index (κ1) is 12.4. The van der Waals surface area contributed by atoms with Crippen molar-refractivity contribution in [3.63, 3.8) is 0 Å². The molecule has 1 aliphatic heterocycles. The van der Waals surface area contributed by atoms with Gasteiger partial charge in [0.1, 0.15) is 6.04 Å². The maximum atomic E-state index is 6.37. The van der Waals surface area contributed by atoms with E-state index in [1.807, 2.05) is 30.5 Å². The molecule has 1 aromatic carbocycles. The Morgan fingerprint density at radius 2 is 2.12 bits per heavy atom. The summed E-state index contributed by atoms with van der Waals surface area (Å²) >= 11 is 8.08. The molecule has 0 aliphatic carbocycles. The van der Waals surface area contributed by atoms with Gasteiger partial charge in [0.15, 0.2) is 0 Å². The Morgan fingerprint density at radius 3 is 2.82 bits per heavy atom. The minimum atomic E-state index is 0. The van der Waals surface area contributed by atoms with Crippen LogP contribution >= 0.6 is 35.3 Å². The summed E-state index contributed by atoms with van der Waals surface area (Å²) in [5.74, 6) is 0. The van der Waals surface area contributed by atoms with Crippen molar-refractivity contribution in [3.8, 4) is 0 Å². The minimum absolute atomic E-state index is 0. The Labute approximate surface area is 114 Å². The molecular formula is C12H10Cl2N2S. The molecule has 1 aliphatic rings. The molecule has 0 fully saturated rings. The molecule has 2 aromatic rings. The Kier molecular flexibility index (Phi) is 3.72. The van der Waals surface area contributed by atoms with Crippen molar-refractivity contribution in [3.05, 3.63) is 46.4 Å². The van der Waals surface area contributed by atoms with Crippen molar-refractivity contribution < 1.29 is 0 Å². The number of nitrogens with zero attached hydrogens (tertiary/aromatic N) is 1. The molecule has 88 valence electrons. The maximum Gasteiger partial charge on any atom is 0.107 e. The lowest BCUT2D eigenvalue weighted by Crippen LogP contribution is -2.07. The predicted octanol–water partition coefficient (Wildman–Crippen LogP) is 4.16.